The molecule has 0 aromatic rings. The molecule has 3 aliphatic rings. The quantitative estimate of drug-likeness (QED) is 0.722. The summed E-state index contributed by atoms with van der Waals surface area (Å²) in [6.45, 7) is 9.41. The molecule has 3 rings (SSSR count). The monoisotopic (exact) mass is 256 g/mol. The molecular weight excluding hydrogens is 235 g/mol. The Morgan fingerprint density at radius 3 is 2.56 bits per heavy atom. The average molecular weight is 256 g/mol. The molecule has 0 aromatic heterocycles. The van der Waals surface area contributed by atoms with Crippen molar-refractivity contribution >= 4 is 0 Å². The lowest BCUT2D eigenvalue weighted by molar-refractivity contribution is -0.158. The minimum absolute atomic E-state index is 0.0213. The van der Waals surface area contributed by atoms with Crippen LogP contribution in [0.1, 0.15) is 41.0 Å². The van der Waals surface area contributed by atoms with Gasteiger partial charge in [-0.05, 0) is 34.1 Å². The molecule has 0 unspecified atom stereocenters. The second-order valence-corrected chi connectivity index (χ2v) is 6.06. The molecule has 102 valence electrons. The Morgan fingerprint density at radius 2 is 2.00 bits per heavy atom. The van der Waals surface area contributed by atoms with Crippen molar-refractivity contribution in [3.63, 3.8) is 0 Å². The van der Waals surface area contributed by atoms with E-state index in [1.165, 1.54) is 6.92 Å². The topological polar surface area (TPSA) is 27.7 Å². The molecule has 18 heavy (non-hydrogen) atoms. The predicted octanol–water partition coefficient (Wildman–Crippen LogP) is 2.95. The summed E-state index contributed by atoms with van der Waals surface area (Å²) in [5.41, 5.74) is 0.407. The normalized spacial score (nSPS) is 51.7. The molecule has 2 aliphatic heterocycles. The molecule has 3 fully saturated rings. The number of halogens is 1. The largest absolute Gasteiger partial charge is 0.367 e. The van der Waals surface area contributed by atoms with Crippen LogP contribution >= 0.6 is 0 Å². The van der Waals surface area contributed by atoms with Crippen LogP contribution in [0.4, 0.5) is 4.39 Å². The zero-order valence-corrected chi connectivity index (χ0v) is 11.6. The van der Waals surface area contributed by atoms with E-state index in [9.17, 15) is 4.39 Å². The van der Waals surface area contributed by atoms with Crippen LogP contribution in [-0.2, 0) is 14.2 Å². The number of hydrogen-bond donors (Lipinski definition) is 0. The highest BCUT2D eigenvalue weighted by Crippen LogP contribution is 2.62. The van der Waals surface area contributed by atoms with Crippen molar-refractivity contribution in [3.8, 4) is 0 Å². The highest BCUT2D eigenvalue weighted by Gasteiger charge is 2.71. The summed E-state index contributed by atoms with van der Waals surface area (Å²) in [7, 11) is 0. The molecule has 0 N–H and O–H groups in total. The number of hydrogen-bond acceptors (Lipinski definition) is 3. The van der Waals surface area contributed by atoms with Crippen molar-refractivity contribution in [1.82, 2.24) is 0 Å². The molecule has 1 aliphatic carbocycles. The molecule has 4 heteroatoms. The van der Waals surface area contributed by atoms with Crippen LogP contribution < -0.4 is 0 Å². The third-order valence-corrected chi connectivity index (χ3v) is 4.75. The summed E-state index contributed by atoms with van der Waals surface area (Å²) in [6, 6.07) is 0. The third kappa shape index (κ3) is 1.29. The maximum absolute atomic E-state index is 13.9. The summed E-state index contributed by atoms with van der Waals surface area (Å²) in [6.07, 6.45) is 0.245. The van der Waals surface area contributed by atoms with Gasteiger partial charge in [0.25, 0.3) is 0 Å². The van der Waals surface area contributed by atoms with Gasteiger partial charge in [0.2, 0.25) is 0 Å². The lowest BCUT2D eigenvalue weighted by Gasteiger charge is -2.37. The second-order valence-electron chi connectivity index (χ2n) is 6.06. The zero-order chi connectivity index (χ0) is 13.3. The summed E-state index contributed by atoms with van der Waals surface area (Å²) in [4.78, 5) is 0. The van der Waals surface area contributed by atoms with E-state index in [1.807, 2.05) is 20.8 Å². The Hall–Kier alpha value is -0.450. The van der Waals surface area contributed by atoms with Gasteiger partial charge in [-0.3, -0.25) is 0 Å². The van der Waals surface area contributed by atoms with Crippen LogP contribution in [-0.4, -0.2) is 30.2 Å². The Bertz CT molecular complexity index is 413. The average Bonchev–Trinajstić information content (AvgIpc) is 2.80. The molecule has 0 spiro atoms. The second kappa shape index (κ2) is 3.56. The minimum Gasteiger partial charge on any atom is -0.367 e. The van der Waals surface area contributed by atoms with Gasteiger partial charge in [0.15, 0.2) is 5.79 Å². The van der Waals surface area contributed by atoms with Crippen LogP contribution in [0.3, 0.4) is 0 Å². The fourth-order valence-corrected chi connectivity index (χ4v) is 4.12. The molecule has 3 nitrogen and oxygen atoms in total. The van der Waals surface area contributed by atoms with Crippen LogP contribution in [0.5, 0.6) is 0 Å². The van der Waals surface area contributed by atoms with Gasteiger partial charge in [-0.1, -0.05) is 6.92 Å². The van der Waals surface area contributed by atoms with E-state index in [4.69, 9.17) is 14.2 Å². The molecule has 5 atom stereocenters. The highest BCUT2D eigenvalue weighted by atomic mass is 19.1. The fourth-order valence-electron chi connectivity index (χ4n) is 4.12. The Morgan fingerprint density at radius 1 is 1.33 bits per heavy atom. The molecule has 0 radical (unpaired) electrons. The standard InChI is InChI=1S/C14H21FO3/c1-6-14-8(3)16-10(9(14)7(2)15)11-12(14)18-13(4,5)17-11/h8,10-12H,6H2,1-5H3/t8-,10+,11+,12+,14-/m1/s1. The van der Waals surface area contributed by atoms with E-state index in [1.54, 1.807) is 0 Å². The number of ether oxygens (including phenoxy) is 3. The van der Waals surface area contributed by atoms with E-state index in [0.717, 1.165) is 12.0 Å². The fraction of sp³-hybridized carbons (Fsp3) is 0.857. The lowest BCUT2D eigenvalue weighted by atomic mass is 9.74. The molecule has 0 aromatic carbocycles. The van der Waals surface area contributed by atoms with Gasteiger partial charge < -0.3 is 14.2 Å². The van der Waals surface area contributed by atoms with Gasteiger partial charge in [0.05, 0.1) is 17.3 Å². The molecule has 0 amide bonds. The van der Waals surface area contributed by atoms with E-state index in [2.05, 4.69) is 6.92 Å². The van der Waals surface area contributed by atoms with Crippen molar-refractivity contribution in [3.05, 3.63) is 11.4 Å². The number of allylic oxidation sites excluding steroid dienone is 1. The van der Waals surface area contributed by atoms with Gasteiger partial charge in [-0.2, -0.15) is 0 Å². The lowest BCUT2D eigenvalue weighted by Crippen LogP contribution is -2.47. The van der Waals surface area contributed by atoms with Crippen LogP contribution in [0.25, 0.3) is 0 Å². The molecule has 2 bridgehead atoms. The maximum Gasteiger partial charge on any atom is 0.163 e. The Balaban J connectivity index is 2.11. The smallest absolute Gasteiger partial charge is 0.163 e. The third-order valence-electron chi connectivity index (χ3n) is 4.75. The predicted molar refractivity (Wildman–Crippen MR) is 64.7 cm³/mol. The Kier molecular flexibility index (Phi) is 2.48. The minimum atomic E-state index is -0.600. The molecule has 1 saturated carbocycles. The van der Waals surface area contributed by atoms with Gasteiger partial charge in [-0.25, -0.2) is 4.39 Å². The van der Waals surface area contributed by atoms with Crippen molar-refractivity contribution in [2.24, 2.45) is 5.41 Å². The molecule has 2 saturated heterocycles. The number of rotatable bonds is 1. The van der Waals surface area contributed by atoms with Crippen molar-refractivity contribution in [1.29, 1.82) is 0 Å². The Labute approximate surface area is 107 Å². The summed E-state index contributed by atoms with van der Waals surface area (Å²) < 4.78 is 31.8. The van der Waals surface area contributed by atoms with Crippen molar-refractivity contribution < 1.29 is 18.6 Å². The summed E-state index contributed by atoms with van der Waals surface area (Å²) >= 11 is 0. The SMILES string of the molecule is CC[C@]12C(=C(C)F)[C@H](O[C@@H]1C)[C@@H]1OC(C)(C)O[C@@H]12. The van der Waals surface area contributed by atoms with Crippen molar-refractivity contribution in [2.45, 2.75) is 71.2 Å². The van der Waals surface area contributed by atoms with Crippen molar-refractivity contribution in [2.75, 3.05) is 0 Å². The summed E-state index contributed by atoms with van der Waals surface area (Å²) in [5.74, 6) is -0.734. The summed E-state index contributed by atoms with van der Waals surface area (Å²) in [5, 5.41) is 0. The van der Waals surface area contributed by atoms with Crippen LogP contribution in [0.2, 0.25) is 0 Å². The van der Waals surface area contributed by atoms with Gasteiger partial charge in [-0.15, -0.1) is 0 Å². The molecular formula is C14H21FO3. The van der Waals surface area contributed by atoms with E-state index >= 15 is 0 Å². The first kappa shape index (κ1) is 12.6. The van der Waals surface area contributed by atoms with E-state index < -0.39 is 5.79 Å². The first-order valence-electron chi connectivity index (χ1n) is 6.71. The number of fused-ring (bicyclic) bond motifs is 5. The van der Waals surface area contributed by atoms with E-state index in [-0.39, 0.29) is 35.7 Å². The zero-order valence-electron chi connectivity index (χ0n) is 11.6. The maximum atomic E-state index is 13.9. The van der Waals surface area contributed by atoms with Gasteiger partial charge in [0.1, 0.15) is 18.3 Å². The highest BCUT2D eigenvalue weighted by molar-refractivity contribution is 5.39. The van der Waals surface area contributed by atoms with Gasteiger partial charge >= 0.3 is 0 Å². The first-order valence-corrected chi connectivity index (χ1v) is 6.71. The molecule has 2 heterocycles. The van der Waals surface area contributed by atoms with E-state index in [0.29, 0.717) is 0 Å². The van der Waals surface area contributed by atoms with Crippen LogP contribution in [0.15, 0.2) is 11.4 Å². The van der Waals surface area contributed by atoms with Gasteiger partial charge in [0, 0.05) is 5.57 Å². The first-order chi connectivity index (χ1) is 8.33. The van der Waals surface area contributed by atoms with Crippen LogP contribution in [0, 0.1) is 5.41 Å².